The lowest BCUT2D eigenvalue weighted by Crippen LogP contribution is -2.14. The van der Waals surface area contributed by atoms with E-state index in [4.69, 9.17) is 14.2 Å². The maximum absolute atomic E-state index is 12.2. The average Bonchev–Trinajstić information content (AvgIpc) is 2.56. The lowest BCUT2D eigenvalue weighted by Gasteiger charge is -2.11. The highest BCUT2D eigenvalue weighted by Crippen LogP contribution is 2.26. The minimum Gasteiger partial charge on any atom is -0.494 e. The Labute approximate surface area is 134 Å². The summed E-state index contributed by atoms with van der Waals surface area (Å²) >= 11 is 0. The van der Waals surface area contributed by atoms with E-state index in [1.54, 1.807) is 49.4 Å². The molecule has 0 fully saturated rings. The first kappa shape index (κ1) is 16.5. The van der Waals surface area contributed by atoms with Crippen LogP contribution in [-0.2, 0) is 4.74 Å². The number of hydrogen-bond donors (Lipinski definition) is 0. The largest absolute Gasteiger partial charge is 0.494 e. The Morgan fingerprint density at radius 1 is 0.870 bits per heavy atom. The first-order chi connectivity index (χ1) is 11.2. The first-order valence-corrected chi connectivity index (χ1v) is 7.37. The van der Waals surface area contributed by atoms with Crippen LogP contribution in [0.4, 0.5) is 0 Å². The molecule has 0 N–H and O–H groups in total. The van der Waals surface area contributed by atoms with Crippen LogP contribution in [0.25, 0.3) is 0 Å². The molecule has 0 amide bonds. The maximum atomic E-state index is 12.2. The fourth-order valence-corrected chi connectivity index (χ4v) is 1.98. The molecule has 0 aliphatic heterocycles. The number of rotatable bonds is 6. The van der Waals surface area contributed by atoms with Crippen LogP contribution in [-0.4, -0.2) is 25.2 Å². The van der Waals surface area contributed by atoms with Gasteiger partial charge in [-0.1, -0.05) is 18.2 Å². The Hall–Kier alpha value is -2.82. The van der Waals surface area contributed by atoms with Crippen molar-refractivity contribution in [2.75, 3.05) is 13.2 Å². The minimum absolute atomic E-state index is 0.180. The summed E-state index contributed by atoms with van der Waals surface area (Å²) in [5, 5.41) is 0. The Morgan fingerprint density at radius 3 is 2.22 bits per heavy atom. The molecule has 120 valence electrons. The molecule has 0 aliphatic carbocycles. The van der Waals surface area contributed by atoms with Gasteiger partial charge in [-0.3, -0.25) is 0 Å². The van der Waals surface area contributed by atoms with Gasteiger partial charge in [0.05, 0.1) is 18.8 Å². The van der Waals surface area contributed by atoms with Crippen molar-refractivity contribution in [1.29, 1.82) is 0 Å². The van der Waals surface area contributed by atoms with E-state index in [0.29, 0.717) is 30.3 Å². The molecule has 0 spiro atoms. The van der Waals surface area contributed by atoms with Crippen LogP contribution in [0.2, 0.25) is 0 Å². The van der Waals surface area contributed by atoms with Crippen molar-refractivity contribution in [3.05, 3.63) is 59.7 Å². The summed E-state index contributed by atoms with van der Waals surface area (Å²) in [7, 11) is 0. The van der Waals surface area contributed by atoms with Crippen molar-refractivity contribution < 1.29 is 23.8 Å². The molecule has 0 atom stereocenters. The highest BCUT2D eigenvalue weighted by atomic mass is 16.6. The fourth-order valence-electron chi connectivity index (χ4n) is 1.98. The van der Waals surface area contributed by atoms with E-state index in [1.165, 1.54) is 6.07 Å². The molecule has 0 unspecified atom stereocenters. The molecule has 2 aromatic carbocycles. The van der Waals surface area contributed by atoms with Crippen LogP contribution in [0.1, 0.15) is 34.6 Å². The summed E-state index contributed by atoms with van der Waals surface area (Å²) in [6.45, 7) is 4.54. The van der Waals surface area contributed by atoms with Gasteiger partial charge in [-0.2, -0.15) is 0 Å². The molecule has 2 rings (SSSR count). The lowest BCUT2D eigenvalue weighted by atomic mass is 10.2. The third kappa shape index (κ3) is 4.32. The minimum atomic E-state index is -0.759. The Kier molecular flexibility index (Phi) is 5.74. The van der Waals surface area contributed by atoms with Crippen LogP contribution in [0.5, 0.6) is 11.5 Å². The van der Waals surface area contributed by atoms with Gasteiger partial charge in [0.25, 0.3) is 0 Å². The number of hydrogen-bond acceptors (Lipinski definition) is 5. The van der Waals surface area contributed by atoms with Gasteiger partial charge in [0, 0.05) is 6.07 Å². The predicted molar refractivity (Wildman–Crippen MR) is 85.0 cm³/mol. The zero-order chi connectivity index (χ0) is 16.7. The summed E-state index contributed by atoms with van der Waals surface area (Å²) in [5.74, 6) is -0.552. The average molecular weight is 314 g/mol. The van der Waals surface area contributed by atoms with Gasteiger partial charge < -0.3 is 14.2 Å². The van der Waals surface area contributed by atoms with Crippen molar-refractivity contribution >= 4 is 11.9 Å². The van der Waals surface area contributed by atoms with E-state index in [9.17, 15) is 9.59 Å². The number of ether oxygens (including phenoxy) is 3. The zero-order valence-electron chi connectivity index (χ0n) is 13.1. The normalized spacial score (nSPS) is 10.0. The SMILES string of the molecule is CCOc1ccc(C(=O)OC(=O)c2ccccc2)c(OCC)c1. The van der Waals surface area contributed by atoms with Gasteiger partial charge in [-0.25, -0.2) is 9.59 Å². The van der Waals surface area contributed by atoms with Crippen molar-refractivity contribution in [2.24, 2.45) is 0 Å². The molecule has 5 nitrogen and oxygen atoms in total. The van der Waals surface area contributed by atoms with Crippen LogP contribution in [0, 0.1) is 0 Å². The van der Waals surface area contributed by atoms with Gasteiger partial charge in [0.15, 0.2) is 0 Å². The van der Waals surface area contributed by atoms with E-state index in [-0.39, 0.29) is 5.56 Å². The molecular formula is C18H18O5. The van der Waals surface area contributed by atoms with E-state index >= 15 is 0 Å². The third-order valence-electron chi connectivity index (χ3n) is 2.98. The molecular weight excluding hydrogens is 296 g/mol. The summed E-state index contributed by atoms with van der Waals surface area (Å²) in [6.07, 6.45) is 0. The van der Waals surface area contributed by atoms with Gasteiger partial charge in [0.1, 0.15) is 17.1 Å². The van der Waals surface area contributed by atoms with Crippen molar-refractivity contribution in [2.45, 2.75) is 13.8 Å². The van der Waals surface area contributed by atoms with Crippen molar-refractivity contribution in [3.63, 3.8) is 0 Å². The molecule has 5 heteroatoms. The molecule has 2 aromatic rings. The predicted octanol–water partition coefficient (Wildman–Crippen LogP) is 3.48. The van der Waals surface area contributed by atoms with E-state index in [2.05, 4.69) is 0 Å². The van der Waals surface area contributed by atoms with Gasteiger partial charge >= 0.3 is 11.9 Å². The molecule has 0 heterocycles. The van der Waals surface area contributed by atoms with Gasteiger partial charge in [-0.15, -0.1) is 0 Å². The topological polar surface area (TPSA) is 61.8 Å². The highest BCUT2D eigenvalue weighted by Gasteiger charge is 2.19. The number of carbonyl (C=O) groups excluding carboxylic acids is 2. The molecule has 0 radical (unpaired) electrons. The second kappa shape index (κ2) is 7.98. The lowest BCUT2D eigenvalue weighted by molar-refractivity contribution is 0.0395. The molecule has 0 aliphatic rings. The van der Waals surface area contributed by atoms with Crippen molar-refractivity contribution in [1.82, 2.24) is 0 Å². The summed E-state index contributed by atoms with van der Waals surface area (Å²) in [6, 6.07) is 13.1. The molecule has 0 aromatic heterocycles. The molecule has 0 saturated heterocycles. The van der Waals surface area contributed by atoms with Crippen LogP contribution < -0.4 is 9.47 Å². The summed E-state index contributed by atoms with van der Waals surface area (Å²) < 4.78 is 15.7. The smallest absolute Gasteiger partial charge is 0.349 e. The number of esters is 2. The first-order valence-electron chi connectivity index (χ1n) is 7.37. The third-order valence-corrected chi connectivity index (χ3v) is 2.98. The zero-order valence-corrected chi connectivity index (χ0v) is 13.1. The molecule has 0 bridgehead atoms. The van der Waals surface area contributed by atoms with Crippen LogP contribution >= 0.6 is 0 Å². The number of benzene rings is 2. The van der Waals surface area contributed by atoms with E-state index in [1.807, 2.05) is 6.92 Å². The quantitative estimate of drug-likeness (QED) is 0.603. The monoisotopic (exact) mass is 314 g/mol. The Morgan fingerprint density at radius 2 is 1.57 bits per heavy atom. The second-order valence-electron chi connectivity index (χ2n) is 4.57. The number of carbonyl (C=O) groups is 2. The Balaban J connectivity index is 2.19. The van der Waals surface area contributed by atoms with Crippen molar-refractivity contribution in [3.8, 4) is 11.5 Å². The van der Waals surface area contributed by atoms with Gasteiger partial charge in [-0.05, 0) is 38.1 Å². The highest BCUT2D eigenvalue weighted by molar-refractivity contribution is 6.03. The summed E-state index contributed by atoms with van der Waals surface area (Å²) in [4.78, 5) is 24.2. The standard InChI is InChI=1S/C18H18O5/c1-3-21-14-10-11-15(16(12-14)22-4-2)18(20)23-17(19)13-8-6-5-7-9-13/h5-12H,3-4H2,1-2H3. The summed E-state index contributed by atoms with van der Waals surface area (Å²) in [5.41, 5.74) is 0.490. The maximum Gasteiger partial charge on any atom is 0.349 e. The molecule has 0 saturated carbocycles. The second-order valence-corrected chi connectivity index (χ2v) is 4.57. The van der Waals surface area contributed by atoms with Crippen LogP contribution in [0.3, 0.4) is 0 Å². The fraction of sp³-hybridized carbons (Fsp3) is 0.222. The Bertz CT molecular complexity index is 679. The van der Waals surface area contributed by atoms with Crippen LogP contribution in [0.15, 0.2) is 48.5 Å². The van der Waals surface area contributed by atoms with E-state index < -0.39 is 11.9 Å². The molecule has 23 heavy (non-hydrogen) atoms. The van der Waals surface area contributed by atoms with Gasteiger partial charge in [0.2, 0.25) is 0 Å². The van der Waals surface area contributed by atoms with E-state index in [0.717, 1.165) is 0 Å².